The van der Waals surface area contributed by atoms with Crippen LogP contribution in [0.2, 0.25) is 0 Å². The zero-order valence-corrected chi connectivity index (χ0v) is 13.6. The molecule has 4 rings (SSSR count). The number of benzene rings is 1. The van der Waals surface area contributed by atoms with Crippen molar-refractivity contribution in [2.75, 3.05) is 6.54 Å². The third-order valence-electron chi connectivity index (χ3n) is 3.89. The van der Waals surface area contributed by atoms with Gasteiger partial charge in [-0.05, 0) is 41.8 Å². The van der Waals surface area contributed by atoms with Gasteiger partial charge in [0.25, 0.3) is 5.91 Å². The molecule has 5 heteroatoms. The maximum absolute atomic E-state index is 12.5. The highest BCUT2D eigenvalue weighted by molar-refractivity contribution is 7.20. The standard InChI is InChI=1S/C19H15NO3S/c21-19(18-11-13-5-1-2-8-17(13)24-18)20-12-14(15-6-3-9-22-15)16-7-4-10-23-16/h1-11,14H,12H2,(H,20,21). The van der Waals surface area contributed by atoms with Gasteiger partial charge in [-0.1, -0.05) is 18.2 Å². The summed E-state index contributed by atoms with van der Waals surface area (Å²) in [5.74, 6) is 1.30. The van der Waals surface area contributed by atoms with E-state index in [2.05, 4.69) is 5.32 Å². The Kier molecular flexibility index (Phi) is 3.92. The van der Waals surface area contributed by atoms with Crippen LogP contribution in [0.1, 0.15) is 27.1 Å². The number of carbonyl (C=O) groups excluding carboxylic acids is 1. The highest BCUT2D eigenvalue weighted by Gasteiger charge is 2.21. The second kappa shape index (κ2) is 6.37. The molecule has 0 aliphatic rings. The first-order valence-electron chi connectivity index (χ1n) is 7.65. The number of rotatable bonds is 5. The molecular weight excluding hydrogens is 322 g/mol. The zero-order valence-electron chi connectivity index (χ0n) is 12.8. The van der Waals surface area contributed by atoms with Crippen LogP contribution >= 0.6 is 11.3 Å². The van der Waals surface area contributed by atoms with Crippen LogP contribution in [0, 0.1) is 0 Å². The van der Waals surface area contributed by atoms with Gasteiger partial charge in [0, 0.05) is 11.2 Å². The summed E-state index contributed by atoms with van der Waals surface area (Å²) in [7, 11) is 0. The predicted molar refractivity (Wildman–Crippen MR) is 93.4 cm³/mol. The van der Waals surface area contributed by atoms with Gasteiger partial charge in [0.05, 0.1) is 23.3 Å². The van der Waals surface area contributed by atoms with Crippen molar-refractivity contribution >= 4 is 27.3 Å². The highest BCUT2D eigenvalue weighted by Crippen LogP contribution is 2.27. The van der Waals surface area contributed by atoms with E-state index >= 15 is 0 Å². The molecule has 1 amide bonds. The Bertz CT molecular complexity index is 871. The maximum atomic E-state index is 12.5. The molecule has 1 N–H and O–H groups in total. The lowest BCUT2D eigenvalue weighted by Gasteiger charge is -2.12. The first-order valence-corrected chi connectivity index (χ1v) is 8.46. The highest BCUT2D eigenvalue weighted by atomic mass is 32.1. The number of hydrogen-bond donors (Lipinski definition) is 1. The van der Waals surface area contributed by atoms with Crippen LogP contribution in [0.5, 0.6) is 0 Å². The molecule has 0 fully saturated rings. The van der Waals surface area contributed by atoms with E-state index in [1.54, 1.807) is 12.5 Å². The largest absolute Gasteiger partial charge is 0.469 e. The van der Waals surface area contributed by atoms with Crippen molar-refractivity contribution < 1.29 is 13.6 Å². The Morgan fingerprint density at radius 1 is 1.00 bits per heavy atom. The van der Waals surface area contributed by atoms with Crippen molar-refractivity contribution in [3.63, 3.8) is 0 Å². The van der Waals surface area contributed by atoms with Gasteiger partial charge in [-0.15, -0.1) is 11.3 Å². The molecule has 0 aliphatic carbocycles. The van der Waals surface area contributed by atoms with E-state index in [0.29, 0.717) is 11.4 Å². The molecule has 0 aliphatic heterocycles. The lowest BCUT2D eigenvalue weighted by Crippen LogP contribution is -2.28. The first kappa shape index (κ1) is 14.8. The molecule has 0 spiro atoms. The summed E-state index contributed by atoms with van der Waals surface area (Å²) in [4.78, 5) is 13.2. The van der Waals surface area contributed by atoms with Crippen molar-refractivity contribution in [3.05, 3.63) is 83.5 Å². The van der Waals surface area contributed by atoms with E-state index in [1.807, 2.05) is 54.6 Å². The first-order chi connectivity index (χ1) is 11.8. The molecule has 0 bridgehead atoms. The smallest absolute Gasteiger partial charge is 0.261 e. The van der Waals surface area contributed by atoms with Crippen LogP contribution in [-0.4, -0.2) is 12.5 Å². The van der Waals surface area contributed by atoms with Crippen LogP contribution in [-0.2, 0) is 0 Å². The van der Waals surface area contributed by atoms with Crippen molar-refractivity contribution in [1.82, 2.24) is 5.32 Å². The molecule has 1 aromatic carbocycles. The van der Waals surface area contributed by atoms with E-state index in [4.69, 9.17) is 8.83 Å². The van der Waals surface area contributed by atoms with Crippen molar-refractivity contribution in [2.24, 2.45) is 0 Å². The summed E-state index contributed by atoms with van der Waals surface area (Å²) < 4.78 is 12.1. The molecule has 3 aromatic heterocycles. The van der Waals surface area contributed by atoms with Gasteiger partial charge in [-0.2, -0.15) is 0 Å². The van der Waals surface area contributed by atoms with Gasteiger partial charge in [0.15, 0.2) is 0 Å². The number of nitrogens with one attached hydrogen (secondary N) is 1. The van der Waals surface area contributed by atoms with Gasteiger partial charge < -0.3 is 14.2 Å². The average Bonchev–Trinajstić information content (AvgIpc) is 3.35. The number of furan rings is 2. The average molecular weight is 337 g/mol. The number of thiophene rings is 1. The Balaban J connectivity index is 1.52. The summed E-state index contributed by atoms with van der Waals surface area (Å²) >= 11 is 1.49. The molecular formula is C19H15NO3S. The fourth-order valence-electron chi connectivity index (χ4n) is 2.70. The van der Waals surface area contributed by atoms with Crippen LogP contribution in [0.4, 0.5) is 0 Å². The Morgan fingerprint density at radius 2 is 1.71 bits per heavy atom. The molecule has 4 nitrogen and oxygen atoms in total. The van der Waals surface area contributed by atoms with Gasteiger partial charge >= 0.3 is 0 Å². The van der Waals surface area contributed by atoms with Gasteiger partial charge in [-0.25, -0.2) is 0 Å². The number of fused-ring (bicyclic) bond motifs is 1. The minimum absolute atomic E-state index is 0.0840. The molecule has 0 saturated carbocycles. The molecule has 4 aromatic rings. The quantitative estimate of drug-likeness (QED) is 0.577. The van der Waals surface area contributed by atoms with Gasteiger partial charge in [-0.3, -0.25) is 4.79 Å². The lowest BCUT2D eigenvalue weighted by molar-refractivity contribution is 0.0955. The molecule has 0 atom stereocenters. The van der Waals surface area contributed by atoms with Crippen molar-refractivity contribution in [3.8, 4) is 0 Å². The fourth-order valence-corrected chi connectivity index (χ4v) is 3.68. The van der Waals surface area contributed by atoms with E-state index in [-0.39, 0.29) is 11.8 Å². The Hall–Kier alpha value is -2.79. The second-order valence-corrected chi connectivity index (χ2v) is 6.53. The molecule has 120 valence electrons. The van der Waals surface area contributed by atoms with Crippen molar-refractivity contribution in [1.29, 1.82) is 0 Å². The van der Waals surface area contributed by atoms with E-state index in [9.17, 15) is 4.79 Å². The fraction of sp³-hybridized carbons (Fsp3) is 0.105. The monoisotopic (exact) mass is 337 g/mol. The maximum Gasteiger partial charge on any atom is 0.261 e. The molecule has 3 heterocycles. The van der Waals surface area contributed by atoms with Crippen LogP contribution in [0.25, 0.3) is 10.1 Å². The minimum atomic E-state index is -0.145. The molecule has 0 radical (unpaired) electrons. The zero-order chi connectivity index (χ0) is 16.4. The Morgan fingerprint density at radius 3 is 2.33 bits per heavy atom. The van der Waals surface area contributed by atoms with Gasteiger partial charge in [0.2, 0.25) is 0 Å². The topological polar surface area (TPSA) is 55.4 Å². The number of carbonyl (C=O) groups is 1. The summed E-state index contributed by atoms with van der Waals surface area (Å²) in [6.07, 6.45) is 3.25. The predicted octanol–water partition coefficient (Wildman–Crippen LogP) is 4.65. The van der Waals surface area contributed by atoms with Crippen LogP contribution < -0.4 is 5.32 Å². The van der Waals surface area contributed by atoms with E-state index in [1.165, 1.54) is 11.3 Å². The molecule has 24 heavy (non-hydrogen) atoms. The summed E-state index contributed by atoms with van der Waals surface area (Å²) in [5.41, 5.74) is 0. The lowest BCUT2D eigenvalue weighted by atomic mass is 10.0. The number of hydrogen-bond acceptors (Lipinski definition) is 4. The van der Waals surface area contributed by atoms with E-state index in [0.717, 1.165) is 21.6 Å². The second-order valence-electron chi connectivity index (χ2n) is 5.44. The summed E-state index contributed by atoms with van der Waals surface area (Å²) in [6.45, 7) is 0.411. The van der Waals surface area contributed by atoms with Crippen LogP contribution in [0.3, 0.4) is 0 Å². The SMILES string of the molecule is O=C(NCC(c1ccco1)c1ccco1)c1cc2ccccc2s1. The third-order valence-corrected chi connectivity index (χ3v) is 5.00. The summed E-state index contributed by atoms with van der Waals surface area (Å²) in [6, 6.07) is 17.3. The summed E-state index contributed by atoms with van der Waals surface area (Å²) in [5, 5.41) is 4.07. The molecule has 0 unspecified atom stereocenters. The third kappa shape index (κ3) is 2.86. The minimum Gasteiger partial charge on any atom is -0.469 e. The van der Waals surface area contributed by atoms with Crippen LogP contribution in [0.15, 0.2) is 76.0 Å². The normalized spacial score (nSPS) is 11.2. The molecule has 0 saturated heterocycles. The Labute approximate surface area is 142 Å². The van der Waals surface area contributed by atoms with Crippen molar-refractivity contribution in [2.45, 2.75) is 5.92 Å². The van der Waals surface area contributed by atoms with Gasteiger partial charge in [0.1, 0.15) is 11.5 Å². The van der Waals surface area contributed by atoms with E-state index < -0.39 is 0 Å². The number of amides is 1.